The topological polar surface area (TPSA) is 47.6 Å². The van der Waals surface area contributed by atoms with Crippen molar-refractivity contribution >= 4 is 11.6 Å². The van der Waals surface area contributed by atoms with Crippen LogP contribution in [0.2, 0.25) is 0 Å². The number of ether oxygens (including phenoxy) is 2. The molecule has 2 rings (SSSR count). The van der Waals surface area contributed by atoms with Gasteiger partial charge in [-0.15, -0.1) is 0 Å². The molecule has 0 aliphatic heterocycles. The van der Waals surface area contributed by atoms with E-state index in [0.717, 1.165) is 11.1 Å². The van der Waals surface area contributed by atoms with Crippen LogP contribution < -0.4 is 10.1 Å². The number of anilines is 1. The van der Waals surface area contributed by atoms with Crippen molar-refractivity contribution in [3.63, 3.8) is 0 Å². The van der Waals surface area contributed by atoms with E-state index in [1.54, 1.807) is 7.11 Å². The predicted molar refractivity (Wildman–Crippen MR) is 87.3 cm³/mol. The van der Waals surface area contributed by atoms with Crippen molar-refractivity contribution in [3.05, 3.63) is 59.4 Å². The standard InChI is InChI=1S/C18H20FNO3/c1-13-5-3-4-6-14(13)11-18(21)20-16-12-15(19)7-8-17(16)23-10-9-22-2/h3-8,12H,9-11H2,1-2H3,(H,20,21). The molecule has 0 heterocycles. The third-order valence-corrected chi connectivity index (χ3v) is 3.37. The quantitative estimate of drug-likeness (QED) is 0.797. The molecule has 5 heteroatoms. The molecule has 1 amide bonds. The SMILES string of the molecule is COCCOc1ccc(F)cc1NC(=O)Cc1ccccc1C. The van der Waals surface area contributed by atoms with Gasteiger partial charge in [0.25, 0.3) is 0 Å². The van der Waals surface area contributed by atoms with Crippen molar-refractivity contribution in [2.75, 3.05) is 25.6 Å². The van der Waals surface area contributed by atoms with Crippen LogP contribution in [0.25, 0.3) is 0 Å². The van der Waals surface area contributed by atoms with Gasteiger partial charge in [-0.05, 0) is 30.2 Å². The lowest BCUT2D eigenvalue weighted by atomic mass is 10.1. The Morgan fingerprint density at radius 3 is 2.70 bits per heavy atom. The number of methoxy groups -OCH3 is 1. The van der Waals surface area contributed by atoms with Crippen LogP contribution in [0, 0.1) is 12.7 Å². The van der Waals surface area contributed by atoms with E-state index in [4.69, 9.17) is 9.47 Å². The van der Waals surface area contributed by atoms with Gasteiger partial charge in [-0.1, -0.05) is 24.3 Å². The van der Waals surface area contributed by atoms with Crippen LogP contribution >= 0.6 is 0 Å². The van der Waals surface area contributed by atoms with E-state index in [1.165, 1.54) is 18.2 Å². The summed E-state index contributed by atoms with van der Waals surface area (Å²) in [6.07, 6.45) is 0.223. The zero-order valence-electron chi connectivity index (χ0n) is 13.3. The fourth-order valence-electron chi connectivity index (χ4n) is 2.14. The van der Waals surface area contributed by atoms with E-state index in [-0.39, 0.29) is 12.3 Å². The van der Waals surface area contributed by atoms with Crippen molar-refractivity contribution in [2.24, 2.45) is 0 Å². The lowest BCUT2D eigenvalue weighted by Gasteiger charge is -2.13. The van der Waals surface area contributed by atoms with Crippen molar-refractivity contribution in [1.29, 1.82) is 0 Å². The molecule has 0 saturated heterocycles. The minimum Gasteiger partial charge on any atom is -0.489 e. The molecule has 1 N–H and O–H groups in total. The molecule has 4 nitrogen and oxygen atoms in total. The van der Waals surface area contributed by atoms with Crippen molar-refractivity contribution < 1.29 is 18.7 Å². The Bertz CT molecular complexity index is 673. The summed E-state index contributed by atoms with van der Waals surface area (Å²) in [5, 5.41) is 2.71. The molecule has 0 spiro atoms. The lowest BCUT2D eigenvalue weighted by Crippen LogP contribution is -2.16. The fourth-order valence-corrected chi connectivity index (χ4v) is 2.14. The Morgan fingerprint density at radius 1 is 1.17 bits per heavy atom. The molecule has 0 radical (unpaired) electrons. The predicted octanol–water partition coefficient (Wildman–Crippen LogP) is 3.34. The third kappa shape index (κ3) is 5.07. The van der Waals surface area contributed by atoms with Crippen LogP contribution in [-0.4, -0.2) is 26.2 Å². The molecular formula is C18H20FNO3. The van der Waals surface area contributed by atoms with Gasteiger partial charge in [-0.2, -0.15) is 0 Å². The smallest absolute Gasteiger partial charge is 0.228 e. The highest BCUT2D eigenvalue weighted by Crippen LogP contribution is 2.25. The summed E-state index contributed by atoms with van der Waals surface area (Å²) in [5.74, 6) is -0.238. The van der Waals surface area contributed by atoms with Gasteiger partial charge >= 0.3 is 0 Å². The maximum Gasteiger partial charge on any atom is 0.228 e. The minimum absolute atomic E-state index is 0.221. The Morgan fingerprint density at radius 2 is 1.96 bits per heavy atom. The van der Waals surface area contributed by atoms with Crippen molar-refractivity contribution in [1.82, 2.24) is 0 Å². The van der Waals surface area contributed by atoms with Gasteiger partial charge in [0.05, 0.1) is 18.7 Å². The second-order valence-corrected chi connectivity index (χ2v) is 5.13. The number of benzene rings is 2. The number of amides is 1. The average molecular weight is 317 g/mol. The molecule has 23 heavy (non-hydrogen) atoms. The van der Waals surface area contributed by atoms with Crippen LogP contribution in [0.1, 0.15) is 11.1 Å². The van der Waals surface area contributed by atoms with Gasteiger partial charge in [0.1, 0.15) is 18.2 Å². The van der Waals surface area contributed by atoms with E-state index in [9.17, 15) is 9.18 Å². The average Bonchev–Trinajstić information content (AvgIpc) is 2.52. The Hall–Kier alpha value is -2.40. The second kappa shape index (κ2) is 8.29. The van der Waals surface area contributed by atoms with E-state index in [2.05, 4.69) is 5.32 Å². The Balaban J connectivity index is 2.07. The molecule has 0 unspecified atom stereocenters. The summed E-state index contributed by atoms with van der Waals surface area (Å²) < 4.78 is 23.9. The largest absolute Gasteiger partial charge is 0.489 e. The van der Waals surface area contributed by atoms with E-state index < -0.39 is 5.82 Å². The zero-order chi connectivity index (χ0) is 16.7. The lowest BCUT2D eigenvalue weighted by molar-refractivity contribution is -0.115. The van der Waals surface area contributed by atoms with Gasteiger partial charge in [0.2, 0.25) is 5.91 Å². The highest BCUT2D eigenvalue weighted by atomic mass is 19.1. The van der Waals surface area contributed by atoms with Gasteiger partial charge in [-0.25, -0.2) is 4.39 Å². The maximum atomic E-state index is 13.4. The van der Waals surface area contributed by atoms with Crippen LogP contribution in [0.3, 0.4) is 0 Å². The number of hydrogen-bond donors (Lipinski definition) is 1. The number of carbonyl (C=O) groups is 1. The molecule has 0 bridgehead atoms. The van der Waals surface area contributed by atoms with E-state index in [0.29, 0.717) is 24.7 Å². The first kappa shape index (κ1) is 17.0. The third-order valence-electron chi connectivity index (χ3n) is 3.37. The summed E-state index contributed by atoms with van der Waals surface area (Å²) in [4.78, 5) is 12.2. The molecule has 122 valence electrons. The van der Waals surface area contributed by atoms with Gasteiger partial charge < -0.3 is 14.8 Å². The highest BCUT2D eigenvalue weighted by molar-refractivity contribution is 5.93. The zero-order valence-corrected chi connectivity index (χ0v) is 13.3. The highest BCUT2D eigenvalue weighted by Gasteiger charge is 2.11. The van der Waals surface area contributed by atoms with Crippen LogP contribution in [0.5, 0.6) is 5.75 Å². The molecule has 0 atom stereocenters. The molecule has 0 saturated carbocycles. The number of halogens is 1. The summed E-state index contributed by atoms with van der Waals surface area (Å²) in [6, 6.07) is 11.7. The number of nitrogens with one attached hydrogen (secondary N) is 1. The molecule has 0 aliphatic rings. The number of hydrogen-bond acceptors (Lipinski definition) is 3. The molecule has 0 aliphatic carbocycles. The van der Waals surface area contributed by atoms with Gasteiger partial charge in [-0.3, -0.25) is 4.79 Å². The molecule has 0 fully saturated rings. The first-order chi connectivity index (χ1) is 11.1. The summed E-state index contributed by atoms with van der Waals surface area (Å²) in [7, 11) is 1.57. The van der Waals surface area contributed by atoms with Crippen LogP contribution in [0.4, 0.5) is 10.1 Å². The molecule has 2 aromatic carbocycles. The van der Waals surface area contributed by atoms with Crippen LogP contribution in [0.15, 0.2) is 42.5 Å². The first-order valence-corrected chi connectivity index (χ1v) is 7.36. The maximum absolute atomic E-state index is 13.4. The number of carbonyl (C=O) groups excluding carboxylic acids is 1. The molecular weight excluding hydrogens is 297 g/mol. The van der Waals surface area contributed by atoms with E-state index in [1.807, 2.05) is 31.2 Å². The first-order valence-electron chi connectivity index (χ1n) is 7.36. The van der Waals surface area contributed by atoms with Crippen molar-refractivity contribution in [2.45, 2.75) is 13.3 Å². The van der Waals surface area contributed by atoms with Gasteiger partial charge in [0, 0.05) is 13.2 Å². The Kier molecular flexibility index (Phi) is 6.11. The fraction of sp³-hybridized carbons (Fsp3) is 0.278. The van der Waals surface area contributed by atoms with Crippen molar-refractivity contribution in [3.8, 4) is 5.75 Å². The monoisotopic (exact) mass is 317 g/mol. The van der Waals surface area contributed by atoms with E-state index >= 15 is 0 Å². The number of rotatable bonds is 7. The van der Waals surface area contributed by atoms with Crippen LogP contribution in [-0.2, 0) is 16.0 Å². The molecule has 0 aromatic heterocycles. The normalized spacial score (nSPS) is 10.4. The van der Waals surface area contributed by atoms with Gasteiger partial charge in [0.15, 0.2) is 0 Å². The number of aryl methyl sites for hydroxylation is 1. The Labute approximate surface area is 135 Å². The summed E-state index contributed by atoms with van der Waals surface area (Å²) >= 11 is 0. The summed E-state index contributed by atoms with van der Waals surface area (Å²) in [5.41, 5.74) is 2.29. The second-order valence-electron chi connectivity index (χ2n) is 5.13. The summed E-state index contributed by atoms with van der Waals surface area (Å²) in [6.45, 7) is 2.68. The minimum atomic E-state index is -0.435. The molecule has 2 aromatic rings.